The van der Waals surface area contributed by atoms with Gasteiger partial charge in [0.05, 0.1) is 13.2 Å². The minimum absolute atomic E-state index is 0.425. The number of piperidine rings is 1. The van der Waals surface area contributed by atoms with Gasteiger partial charge in [0.25, 0.3) is 0 Å². The van der Waals surface area contributed by atoms with Gasteiger partial charge in [-0.15, -0.1) is 0 Å². The molecule has 4 nitrogen and oxygen atoms in total. The molecule has 0 aliphatic carbocycles. The molecule has 1 aromatic rings. The van der Waals surface area contributed by atoms with E-state index in [9.17, 15) is 0 Å². The summed E-state index contributed by atoms with van der Waals surface area (Å²) in [6.45, 7) is 4.48. The highest BCUT2D eigenvalue weighted by atomic mass is 16.7. The molecule has 1 saturated heterocycles. The Morgan fingerprint density at radius 2 is 2.11 bits per heavy atom. The van der Waals surface area contributed by atoms with Gasteiger partial charge in [0.2, 0.25) is 0 Å². The van der Waals surface area contributed by atoms with E-state index in [1.165, 1.54) is 24.9 Å². The van der Waals surface area contributed by atoms with E-state index >= 15 is 0 Å². The quantitative estimate of drug-likeness (QED) is 0.601. The third kappa shape index (κ3) is 5.28. The van der Waals surface area contributed by atoms with Gasteiger partial charge in [-0.25, -0.2) is 0 Å². The van der Waals surface area contributed by atoms with Crippen LogP contribution in [0.1, 0.15) is 18.4 Å². The lowest BCUT2D eigenvalue weighted by molar-refractivity contribution is -0.0266. The highest BCUT2D eigenvalue weighted by Crippen LogP contribution is 2.13. The first-order chi connectivity index (χ1) is 9.38. The molecule has 0 amide bonds. The van der Waals surface area contributed by atoms with E-state index in [1.54, 1.807) is 7.11 Å². The van der Waals surface area contributed by atoms with Crippen molar-refractivity contribution in [1.82, 2.24) is 10.4 Å². The van der Waals surface area contributed by atoms with Crippen LogP contribution in [0.15, 0.2) is 30.3 Å². The van der Waals surface area contributed by atoms with Gasteiger partial charge < -0.3 is 4.74 Å². The Morgan fingerprint density at radius 3 is 2.89 bits per heavy atom. The van der Waals surface area contributed by atoms with Gasteiger partial charge in [0.15, 0.2) is 0 Å². The Kier molecular flexibility index (Phi) is 6.30. The highest BCUT2D eigenvalue weighted by molar-refractivity contribution is 5.14. The lowest BCUT2D eigenvalue weighted by Gasteiger charge is -2.32. The summed E-state index contributed by atoms with van der Waals surface area (Å²) < 4.78 is 4.96. The molecular formula is C15H24N2O2. The summed E-state index contributed by atoms with van der Waals surface area (Å²) in [4.78, 5) is 7.89. The van der Waals surface area contributed by atoms with Gasteiger partial charge in [-0.05, 0) is 24.9 Å². The lowest BCUT2D eigenvalue weighted by atomic mass is 10.1. The molecule has 2 rings (SSSR count). The van der Waals surface area contributed by atoms with E-state index in [2.05, 4.69) is 40.7 Å². The normalized spacial score (nSPS) is 20.6. The predicted molar refractivity (Wildman–Crippen MR) is 75.7 cm³/mol. The van der Waals surface area contributed by atoms with E-state index in [0.717, 1.165) is 13.1 Å². The second kappa shape index (κ2) is 8.27. The number of benzene rings is 1. The maximum absolute atomic E-state index is 5.41. The van der Waals surface area contributed by atoms with Crippen LogP contribution in [0.4, 0.5) is 0 Å². The van der Waals surface area contributed by atoms with Crippen LogP contribution in [-0.2, 0) is 16.1 Å². The molecule has 1 aliphatic rings. The molecule has 0 spiro atoms. The van der Waals surface area contributed by atoms with E-state index in [4.69, 9.17) is 9.57 Å². The summed E-state index contributed by atoms with van der Waals surface area (Å²) in [5.41, 5.74) is 4.53. The van der Waals surface area contributed by atoms with Crippen molar-refractivity contribution >= 4 is 0 Å². The zero-order valence-corrected chi connectivity index (χ0v) is 11.7. The van der Waals surface area contributed by atoms with Crippen LogP contribution in [0, 0.1) is 0 Å². The van der Waals surface area contributed by atoms with Crippen molar-refractivity contribution in [1.29, 1.82) is 0 Å². The molecule has 1 fully saturated rings. The average molecular weight is 264 g/mol. The number of hydroxylamine groups is 1. The minimum Gasteiger partial charge on any atom is -0.382 e. The average Bonchev–Trinajstić information content (AvgIpc) is 2.45. The summed E-state index contributed by atoms with van der Waals surface area (Å²) in [5.74, 6) is 0. The van der Waals surface area contributed by atoms with Crippen molar-refractivity contribution in [3.63, 3.8) is 0 Å². The number of rotatable bonds is 7. The fraction of sp³-hybridized carbons (Fsp3) is 0.600. The Labute approximate surface area is 115 Å². The maximum Gasteiger partial charge on any atom is 0.0916 e. The Morgan fingerprint density at radius 1 is 1.26 bits per heavy atom. The van der Waals surface area contributed by atoms with Crippen LogP contribution < -0.4 is 5.48 Å². The van der Waals surface area contributed by atoms with Crippen LogP contribution in [0.2, 0.25) is 0 Å². The lowest BCUT2D eigenvalue weighted by Crippen LogP contribution is -2.45. The van der Waals surface area contributed by atoms with Gasteiger partial charge in [-0.1, -0.05) is 30.3 Å². The summed E-state index contributed by atoms with van der Waals surface area (Å²) in [7, 11) is 1.69. The first-order valence-electron chi connectivity index (χ1n) is 7.01. The molecule has 1 unspecified atom stereocenters. The van der Waals surface area contributed by atoms with Crippen molar-refractivity contribution in [3.8, 4) is 0 Å². The standard InChI is InChI=1S/C15H24N2O2/c1-18-10-11-19-16-15-8-5-9-17(13-15)12-14-6-3-2-4-7-14/h2-4,6-7,15-16H,5,8-13H2,1H3. The van der Waals surface area contributed by atoms with Crippen LogP contribution in [0.5, 0.6) is 0 Å². The number of likely N-dealkylation sites (tertiary alicyclic amines) is 1. The van der Waals surface area contributed by atoms with Crippen molar-refractivity contribution in [2.45, 2.75) is 25.4 Å². The third-order valence-electron chi connectivity index (χ3n) is 3.39. The zero-order chi connectivity index (χ0) is 13.3. The maximum atomic E-state index is 5.41. The third-order valence-corrected chi connectivity index (χ3v) is 3.39. The summed E-state index contributed by atoms with van der Waals surface area (Å²) in [6.07, 6.45) is 2.40. The number of methoxy groups -OCH3 is 1. The number of nitrogens with one attached hydrogen (secondary N) is 1. The molecule has 0 radical (unpaired) electrons. The fourth-order valence-electron chi connectivity index (χ4n) is 2.44. The molecule has 1 aliphatic heterocycles. The van der Waals surface area contributed by atoms with Crippen molar-refractivity contribution in [2.24, 2.45) is 0 Å². The van der Waals surface area contributed by atoms with Gasteiger partial charge in [0.1, 0.15) is 0 Å². The summed E-state index contributed by atoms with van der Waals surface area (Å²) in [6, 6.07) is 11.1. The molecule has 1 aromatic carbocycles. The molecular weight excluding hydrogens is 240 g/mol. The molecule has 4 heteroatoms. The van der Waals surface area contributed by atoms with E-state index < -0.39 is 0 Å². The molecule has 0 bridgehead atoms. The van der Waals surface area contributed by atoms with Crippen LogP contribution in [0.3, 0.4) is 0 Å². The summed E-state index contributed by atoms with van der Waals surface area (Å²) in [5, 5.41) is 0. The molecule has 0 saturated carbocycles. The Balaban J connectivity index is 1.71. The highest BCUT2D eigenvalue weighted by Gasteiger charge is 2.19. The van der Waals surface area contributed by atoms with E-state index in [-0.39, 0.29) is 0 Å². The number of hydrogen-bond acceptors (Lipinski definition) is 4. The van der Waals surface area contributed by atoms with Crippen LogP contribution in [0.25, 0.3) is 0 Å². The van der Waals surface area contributed by atoms with Gasteiger partial charge >= 0.3 is 0 Å². The molecule has 1 N–H and O–H groups in total. The molecule has 1 atom stereocenters. The smallest absolute Gasteiger partial charge is 0.0916 e. The molecule has 1 heterocycles. The minimum atomic E-state index is 0.425. The topological polar surface area (TPSA) is 33.7 Å². The second-order valence-corrected chi connectivity index (χ2v) is 5.02. The predicted octanol–water partition coefficient (Wildman–Crippen LogP) is 1.82. The van der Waals surface area contributed by atoms with E-state index in [0.29, 0.717) is 19.3 Å². The summed E-state index contributed by atoms with van der Waals surface area (Å²) >= 11 is 0. The Hall–Kier alpha value is -0.940. The second-order valence-electron chi connectivity index (χ2n) is 5.02. The van der Waals surface area contributed by atoms with Gasteiger partial charge in [-0.2, -0.15) is 5.48 Å². The van der Waals surface area contributed by atoms with Crippen molar-refractivity contribution in [2.75, 3.05) is 33.4 Å². The first-order valence-corrected chi connectivity index (χ1v) is 7.01. The van der Waals surface area contributed by atoms with Gasteiger partial charge in [-0.3, -0.25) is 9.74 Å². The van der Waals surface area contributed by atoms with E-state index in [1.807, 2.05) is 0 Å². The zero-order valence-electron chi connectivity index (χ0n) is 11.7. The van der Waals surface area contributed by atoms with Crippen molar-refractivity contribution < 1.29 is 9.57 Å². The molecule has 19 heavy (non-hydrogen) atoms. The SMILES string of the molecule is COCCONC1CCCN(Cc2ccccc2)C1. The van der Waals surface area contributed by atoms with Crippen LogP contribution >= 0.6 is 0 Å². The van der Waals surface area contributed by atoms with Crippen LogP contribution in [-0.4, -0.2) is 44.4 Å². The first kappa shape index (κ1) is 14.5. The van der Waals surface area contributed by atoms with Gasteiger partial charge in [0, 0.05) is 26.2 Å². The number of nitrogens with zero attached hydrogens (tertiary/aromatic N) is 1. The number of ether oxygens (including phenoxy) is 1. The fourth-order valence-corrected chi connectivity index (χ4v) is 2.44. The largest absolute Gasteiger partial charge is 0.382 e. The monoisotopic (exact) mass is 264 g/mol. The van der Waals surface area contributed by atoms with Crippen molar-refractivity contribution in [3.05, 3.63) is 35.9 Å². The Bertz CT molecular complexity index is 345. The number of hydrogen-bond donors (Lipinski definition) is 1. The molecule has 106 valence electrons. The molecule has 0 aromatic heterocycles.